The third-order valence-electron chi connectivity index (χ3n) is 5.06. The Balaban J connectivity index is 1.68. The van der Waals surface area contributed by atoms with Crippen LogP contribution in [-0.4, -0.2) is 24.4 Å². The minimum atomic E-state index is -0.514. The van der Waals surface area contributed by atoms with Crippen LogP contribution in [0.2, 0.25) is 5.02 Å². The highest BCUT2D eigenvalue weighted by molar-refractivity contribution is 6.62. The first-order valence-electron chi connectivity index (χ1n) is 8.92. The molecular weight excluding hydrogens is 362 g/mol. The van der Waals surface area contributed by atoms with Crippen molar-refractivity contribution in [2.24, 2.45) is 0 Å². The van der Waals surface area contributed by atoms with Gasteiger partial charge in [-0.3, -0.25) is 0 Å². The lowest BCUT2D eigenvalue weighted by molar-refractivity contribution is 0.00578. The second-order valence-corrected chi connectivity index (χ2v) is 8.03. The molecule has 1 saturated heterocycles. The smallest absolute Gasteiger partial charge is 0.399 e. The van der Waals surface area contributed by atoms with Crippen LogP contribution in [0.3, 0.4) is 0 Å². The maximum Gasteiger partial charge on any atom is 0.494 e. The van der Waals surface area contributed by atoms with Crippen molar-refractivity contribution in [3.8, 4) is 0 Å². The maximum absolute atomic E-state index is 12.2. The fourth-order valence-electron chi connectivity index (χ4n) is 2.71. The standard InChI is InChI=1S/C20H24BClN2O3/c1-19(2)20(3,4)27-21(26-19)15-10-11-16(22)17(12-15)24-18(25)23-13-14-8-6-5-7-9-14/h5-12H,13H2,1-4H3,(H2,23,24,25). The van der Waals surface area contributed by atoms with Crippen molar-refractivity contribution in [1.29, 1.82) is 0 Å². The number of nitrogens with one attached hydrogen (secondary N) is 2. The largest absolute Gasteiger partial charge is 0.494 e. The van der Waals surface area contributed by atoms with E-state index in [0.29, 0.717) is 17.3 Å². The molecule has 0 unspecified atom stereocenters. The number of carbonyl (C=O) groups is 1. The first-order valence-corrected chi connectivity index (χ1v) is 9.30. The lowest BCUT2D eigenvalue weighted by Crippen LogP contribution is -2.41. The Morgan fingerprint density at radius 3 is 2.30 bits per heavy atom. The predicted molar refractivity (Wildman–Crippen MR) is 109 cm³/mol. The number of rotatable bonds is 4. The number of anilines is 1. The van der Waals surface area contributed by atoms with E-state index in [-0.39, 0.29) is 6.03 Å². The van der Waals surface area contributed by atoms with Gasteiger partial charge in [0.2, 0.25) is 0 Å². The summed E-state index contributed by atoms with van der Waals surface area (Å²) >= 11 is 6.25. The van der Waals surface area contributed by atoms with E-state index in [1.54, 1.807) is 12.1 Å². The summed E-state index contributed by atoms with van der Waals surface area (Å²) in [6, 6.07) is 14.7. The van der Waals surface area contributed by atoms with Crippen LogP contribution in [0.1, 0.15) is 33.3 Å². The molecule has 142 valence electrons. The van der Waals surface area contributed by atoms with Gasteiger partial charge in [-0.1, -0.05) is 48.0 Å². The minimum absolute atomic E-state index is 0.327. The number of benzene rings is 2. The third kappa shape index (κ3) is 4.46. The van der Waals surface area contributed by atoms with Crippen LogP contribution in [0.15, 0.2) is 48.5 Å². The molecule has 0 radical (unpaired) electrons. The van der Waals surface area contributed by atoms with Gasteiger partial charge in [-0.2, -0.15) is 0 Å². The maximum atomic E-state index is 12.2. The molecule has 0 atom stereocenters. The fourth-order valence-corrected chi connectivity index (χ4v) is 2.87. The van der Waals surface area contributed by atoms with Gasteiger partial charge >= 0.3 is 13.1 Å². The Morgan fingerprint density at radius 2 is 1.67 bits per heavy atom. The highest BCUT2D eigenvalue weighted by Crippen LogP contribution is 2.36. The zero-order valence-electron chi connectivity index (χ0n) is 16.0. The molecule has 5 nitrogen and oxygen atoms in total. The molecule has 2 amide bonds. The van der Waals surface area contributed by atoms with Gasteiger partial charge in [-0.05, 0) is 50.9 Å². The van der Waals surface area contributed by atoms with Crippen molar-refractivity contribution in [3.63, 3.8) is 0 Å². The molecule has 1 aliphatic rings. The van der Waals surface area contributed by atoms with Crippen LogP contribution < -0.4 is 16.1 Å². The lowest BCUT2D eigenvalue weighted by Gasteiger charge is -2.32. The van der Waals surface area contributed by atoms with E-state index >= 15 is 0 Å². The van der Waals surface area contributed by atoms with E-state index < -0.39 is 18.3 Å². The zero-order valence-corrected chi connectivity index (χ0v) is 16.8. The van der Waals surface area contributed by atoms with Gasteiger partial charge in [0.15, 0.2) is 0 Å². The summed E-state index contributed by atoms with van der Waals surface area (Å²) in [5, 5.41) is 6.06. The lowest BCUT2D eigenvalue weighted by atomic mass is 9.79. The van der Waals surface area contributed by atoms with Crippen molar-refractivity contribution in [3.05, 3.63) is 59.1 Å². The molecule has 1 heterocycles. The second-order valence-electron chi connectivity index (χ2n) is 7.62. The van der Waals surface area contributed by atoms with Crippen LogP contribution in [0.25, 0.3) is 0 Å². The van der Waals surface area contributed by atoms with E-state index in [2.05, 4.69) is 10.6 Å². The van der Waals surface area contributed by atoms with Crippen LogP contribution >= 0.6 is 11.6 Å². The predicted octanol–water partition coefficient (Wildman–Crippen LogP) is 3.96. The molecule has 1 aliphatic heterocycles. The Bertz CT molecular complexity index is 811. The molecule has 3 rings (SSSR count). The van der Waals surface area contributed by atoms with Gasteiger partial charge < -0.3 is 19.9 Å². The summed E-state index contributed by atoms with van der Waals surface area (Å²) in [7, 11) is -0.514. The summed E-state index contributed by atoms with van der Waals surface area (Å²) in [5.74, 6) is 0. The van der Waals surface area contributed by atoms with Crippen molar-refractivity contribution in [1.82, 2.24) is 5.32 Å². The molecular formula is C20H24BClN2O3. The van der Waals surface area contributed by atoms with Crippen molar-refractivity contribution < 1.29 is 14.1 Å². The quantitative estimate of drug-likeness (QED) is 0.782. The summed E-state index contributed by atoms with van der Waals surface area (Å²) in [6.45, 7) is 8.43. The molecule has 0 spiro atoms. The molecule has 2 N–H and O–H groups in total. The van der Waals surface area contributed by atoms with Crippen molar-refractivity contribution >= 4 is 35.9 Å². The number of carbonyl (C=O) groups excluding carboxylic acids is 1. The molecule has 27 heavy (non-hydrogen) atoms. The van der Waals surface area contributed by atoms with Crippen LogP contribution in [0.4, 0.5) is 10.5 Å². The van der Waals surface area contributed by atoms with Gasteiger partial charge in [0.1, 0.15) is 0 Å². The highest BCUT2D eigenvalue weighted by atomic mass is 35.5. The Labute approximate surface area is 165 Å². The topological polar surface area (TPSA) is 59.6 Å². The number of urea groups is 1. The van der Waals surface area contributed by atoms with Gasteiger partial charge in [-0.25, -0.2) is 4.79 Å². The van der Waals surface area contributed by atoms with Gasteiger partial charge in [0.25, 0.3) is 0 Å². The SMILES string of the molecule is CC1(C)OB(c2ccc(Cl)c(NC(=O)NCc3ccccc3)c2)OC1(C)C. The number of hydrogen-bond donors (Lipinski definition) is 2. The average molecular weight is 387 g/mol. The monoisotopic (exact) mass is 386 g/mol. The number of hydrogen-bond acceptors (Lipinski definition) is 3. The van der Waals surface area contributed by atoms with E-state index in [1.807, 2.05) is 64.1 Å². The number of amides is 2. The Hall–Kier alpha value is -2.02. The van der Waals surface area contributed by atoms with E-state index in [1.165, 1.54) is 0 Å². The number of halogens is 1. The summed E-state index contributed by atoms with van der Waals surface area (Å²) < 4.78 is 12.1. The Kier molecular flexibility index (Phi) is 5.51. The van der Waals surface area contributed by atoms with Crippen LogP contribution in [-0.2, 0) is 15.9 Å². The summed E-state index contributed by atoms with van der Waals surface area (Å²) in [4.78, 5) is 12.2. The van der Waals surface area contributed by atoms with Crippen molar-refractivity contribution in [2.75, 3.05) is 5.32 Å². The molecule has 0 saturated carbocycles. The molecule has 2 aromatic carbocycles. The average Bonchev–Trinajstić information content (AvgIpc) is 2.83. The van der Waals surface area contributed by atoms with Crippen molar-refractivity contribution in [2.45, 2.75) is 45.4 Å². The third-order valence-corrected chi connectivity index (χ3v) is 5.39. The summed E-state index contributed by atoms with van der Waals surface area (Å²) in [5.41, 5.74) is 1.46. The first-order chi connectivity index (χ1) is 12.7. The molecule has 0 aliphatic carbocycles. The minimum Gasteiger partial charge on any atom is -0.399 e. The molecule has 0 bridgehead atoms. The summed E-state index contributed by atoms with van der Waals surface area (Å²) in [6.07, 6.45) is 0. The van der Waals surface area contributed by atoms with Crippen LogP contribution in [0, 0.1) is 0 Å². The van der Waals surface area contributed by atoms with Gasteiger partial charge in [-0.15, -0.1) is 0 Å². The molecule has 1 fully saturated rings. The van der Waals surface area contributed by atoms with Gasteiger partial charge in [0, 0.05) is 6.54 Å². The molecule has 7 heteroatoms. The molecule has 0 aromatic heterocycles. The fraction of sp³-hybridized carbons (Fsp3) is 0.350. The van der Waals surface area contributed by atoms with Crippen LogP contribution in [0.5, 0.6) is 0 Å². The van der Waals surface area contributed by atoms with Gasteiger partial charge in [0.05, 0.1) is 21.9 Å². The highest BCUT2D eigenvalue weighted by Gasteiger charge is 2.51. The molecule has 2 aromatic rings. The second kappa shape index (κ2) is 7.54. The van der Waals surface area contributed by atoms with E-state index in [9.17, 15) is 4.79 Å². The normalized spacial score (nSPS) is 17.6. The Morgan fingerprint density at radius 1 is 1.04 bits per heavy atom. The van der Waals surface area contributed by atoms with E-state index in [4.69, 9.17) is 20.9 Å². The zero-order chi connectivity index (χ0) is 19.7. The van der Waals surface area contributed by atoms with E-state index in [0.717, 1.165) is 11.0 Å². The first kappa shape index (κ1) is 19.7.